The molecule has 6 heteroatoms. The number of methoxy groups -OCH3 is 1. The van der Waals surface area contributed by atoms with Gasteiger partial charge in [-0.2, -0.15) is 0 Å². The Morgan fingerprint density at radius 1 is 0.968 bits per heavy atom. The Balaban J connectivity index is 1.67. The quantitative estimate of drug-likeness (QED) is 0.476. The van der Waals surface area contributed by atoms with E-state index in [1.807, 2.05) is 60.7 Å². The molecule has 0 N–H and O–H groups in total. The highest BCUT2D eigenvalue weighted by molar-refractivity contribution is 6.52. The van der Waals surface area contributed by atoms with Crippen LogP contribution in [0, 0.1) is 0 Å². The average Bonchev–Trinajstić information content (AvgIpc) is 3.04. The summed E-state index contributed by atoms with van der Waals surface area (Å²) in [6.07, 6.45) is -0.783. The highest BCUT2D eigenvalue weighted by atomic mass is 16.5. The summed E-state index contributed by atoms with van der Waals surface area (Å²) in [4.78, 5) is 39.6. The molecule has 154 valence electrons. The lowest BCUT2D eigenvalue weighted by molar-refractivity contribution is -0.142. The van der Waals surface area contributed by atoms with Crippen LogP contribution in [-0.2, 0) is 20.9 Å². The Kier molecular flexibility index (Phi) is 4.55. The van der Waals surface area contributed by atoms with Crippen molar-refractivity contribution >= 4 is 23.3 Å². The standard InChI is InChI=1S/C25H19NO5/c1-30-21(27)13-20-22-17(16-9-5-6-10-19(16)31-20)11-12-18-23(22)24(28)25(29)26(18)14-15-7-3-2-4-8-15/h2-12,20H,13-14H2,1H3. The van der Waals surface area contributed by atoms with Gasteiger partial charge in [0.05, 0.1) is 31.3 Å². The van der Waals surface area contributed by atoms with E-state index in [2.05, 4.69) is 0 Å². The van der Waals surface area contributed by atoms with Crippen molar-refractivity contribution in [3.8, 4) is 16.9 Å². The van der Waals surface area contributed by atoms with E-state index in [0.717, 1.165) is 16.7 Å². The molecule has 0 fully saturated rings. The van der Waals surface area contributed by atoms with Crippen LogP contribution in [0.2, 0.25) is 0 Å². The molecule has 2 heterocycles. The number of ether oxygens (including phenoxy) is 2. The van der Waals surface area contributed by atoms with Gasteiger partial charge in [0.25, 0.3) is 11.7 Å². The van der Waals surface area contributed by atoms with E-state index in [0.29, 0.717) is 22.6 Å². The van der Waals surface area contributed by atoms with Gasteiger partial charge < -0.3 is 14.4 Å². The van der Waals surface area contributed by atoms with Gasteiger partial charge >= 0.3 is 5.97 Å². The van der Waals surface area contributed by atoms with Crippen molar-refractivity contribution in [1.29, 1.82) is 0 Å². The minimum atomic E-state index is -0.722. The lowest BCUT2D eigenvalue weighted by Gasteiger charge is -2.30. The van der Waals surface area contributed by atoms with Gasteiger partial charge in [0.1, 0.15) is 11.9 Å². The van der Waals surface area contributed by atoms with Crippen LogP contribution in [-0.4, -0.2) is 24.8 Å². The third kappa shape index (κ3) is 3.08. The number of nitrogens with zero attached hydrogens (tertiary/aromatic N) is 1. The predicted molar refractivity (Wildman–Crippen MR) is 114 cm³/mol. The fourth-order valence-corrected chi connectivity index (χ4v) is 4.29. The zero-order chi connectivity index (χ0) is 21.5. The van der Waals surface area contributed by atoms with Crippen LogP contribution in [0.25, 0.3) is 11.1 Å². The van der Waals surface area contributed by atoms with Crippen LogP contribution in [0.4, 0.5) is 5.69 Å². The molecule has 2 aliphatic rings. The first-order chi connectivity index (χ1) is 15.1. The van der Waals surface area contributed by atoms with Gasteiger partial charge in [0.2, 0.25) is 0 Å². The van der Waals surface area contributed by atoms with Crippen molar-refractivity contribution in [2.24, 2.45) is 0 Å². The van der Waals surface area contributed by atoms with Gasteiger partial charge in [0, 0.05) is 11.1 Å². The molecule has 31 heavy (non-hydrogen) atoms. The summed E-state index contributed by atoms with van der Waals surface area (Å²) < 4.78 is 11.0. The Morgan fingerprint density at radius 3 is 2.48 bits per heavy atom. The molecule has 3 aromatic rings. The maximum Gasteiger partial charge on any atom is 0.309 e. The molecule has 6 nitrogen and oxygen atoms in total. The van der Waals surface area contributed by atoms with E-state index in [1.165, 1.54) is 12.0 Å². The summed E-state index contributed by atoms with van der Waals surface area (Å²) in [7, 11) is 1.31. The van der Waals surface area contributed by atoms with E-state index in [4.69, 9.17) is 9.47 Å². The third-order valence-corrected chi connectivity index (χ3v) is 5.71. The predicted octanol–water partition coefficient (Wildman–Crippen LogP) is 4.08. The molecule has 1 unspecified atom stereocenters. The molecular formula is C25H19NO5. The van der Waals surface area contributed by atoms with Crippen LogP contribution in [0.3, 0.4) is 0 Å². The minimum absolute atomic E-state index is 0.0611. The monoisotopic (exact) mass is 413 g/mol. The van der Waals surface area contributed by atoms with Gasteiger partial charge in [-0.15, -0.1) is 0 Å². The number of carbonyl (C=O) groups is 3. The van der Waals surface area contributed by atoms with Crippen LogP contribution in [0.15, 0.2) is 66.7 Å². The number of hydrogen-bond acceptors (Lipinski definition) is 5. The zero-order valence-corrected chi connectivity index (χ0v) is 16.8. The maximum atomic E-state index is 13.1. The minimum Gasteiger partial charge on any atom is -0.484 e. The Morgan fingerprint density at radius 2 is 1.71 bits per heavy atom. The van der Waals surface area contributed by atoms with E-state index in [1.54, 1.807) is 6.07 Å². The summed E-state index contributed by atoms with van der Waals surface area (Å²) in [5.74, 6) is -0.990. The molecule has 0 bridgehead atoms. The van der Waals surface area contributed by atoms with E-state index < -0.39 is 23.8 Å². The Hall–Kier alpha value is -3.93. The van der Waals surface area contributed by atoms with Gasteiger partial charge in [-0.25, -0.2) is 0 Å². The maximum absolute atomic E-state index is 13.1. The normalized spacial score (nSPS) is 16.3. The second-order valence-electron chi connectivity index (χ2n) is 7.51. The molecule has 0 aromatic heterocycles. The number of para-hydroxylation sites is 1. The summed E-state index contributed by atoms with van der Waals surface area (Å²) in [6.45, 7) is 0.288. The first-order valence-electron chi connectivity index (χ1n) is 9.98. The largest absolute Gasteiger partial charge is 0.484 e. The molecular weight excluding hydrogens is 394 g/mol. The summed E-state index contributed by atoms with van der Waals surface area (Å²) in [5.41, 5.74) is 3.94. The van der Waals surface area contributed by atoms with Crippen LogP contribution < -0.4 is 9.64 Å². The number of esters is 1. The molecule has 5 rings (SSSR count). The molecule has 2 aliphatic heterocycles. The number of fused-ring (bicyclic) bond motifs is 5. The number of carbonyl (C=O) groups excluding carboxylic acids is 3. The van der Waals surface area contributed by atoms with E-state index in [-0.39, 0.29) is 13.0 Å². The number of ketones is 1. The van der Waals surface area contributed by atoms with Crippen molar-refractivity contribution in [3.63, 3.8) is 0 Å². The number of anilines is 1. The molecule has 0 saturated heterocycles. The third-order valence-electron chi connectivity index (χ3n) is 5.71. The smallest absolute Gasteiger partial charge is 0.309 e. The second-order valence-corrected chi connectivity index (χ2v) is 7.51. The first kappa shape index (κ1) is 19.1. The lowest BCUT2D eigenvalue weighted by Crippen LogP contribution is -2.29. The number of hydrogen-bond donors (Lipinski definition) is 0. The highest BCUT2D eigenvalue weighted by Crippen LogP contribution is 2.48. The Bertz CT molecular complexity index is 1220. The molecule has 3 aromatic carbocycles. The van der Waals surface area contributed by atoms with Gasteiger partial charge in [-0.1, -0.05) is 54.6 Å². The van der Waals surface area contributed by atoms with Crippen molar-refractivity contribution in [2.75, 3.05) is 12.0 Å². The fraction of sp³-hybridized carbons (Fsp3) is 0.160. The SMILES string of the molecule is COC(=O)CC1Oc2ccccc2-c2ccc3c(c21)C(=O)C(=O)N3Cc1ccccc1. The van der Waals surface area contributed by atoms with Crippen LogP contribution in [0.1, 0.15) is 34.0 Å². The van der Waals surface area contributed by atoms with Crippen LogP contribution in [0.5, 0.6) is 5.75 Å². The van der Waals surface area contributed by atoms with E-state index >= 15 is 0 Å². The molecule has 1 amide bonds. The first-order valence-corrected chi connectivity index (χ1v) is 9.98. The molecule has 0 saturated carbocycles. The van der Waals surface area contributed by atoms with Gasteiger partial charge in [-0.3, -0.25) is 14.4 Å². The Labute approximate surface area is 179 Å². The second kappa shape index (κ2) is 7.40. The molecule has 0 radical (unpaired) electrons. The topological polar surface area (TPSA) is 72.9 Å². The van der Waals surface area contributed by atoms with Crippen molar-refractivity contribution < 1.29 is 23.9 Å². The highest BCUT2D eigenvalue weighted by Gasteiger charge is 2.42. The molecule has 0 spiro atoms. The zero-order valence-electron chi connectivity index (χ0n) is 16.8. The number of rotatable bonds is 4. The number of benzene rings is 3. The van der Waals surface area contributed by atoms with Gasteiger partial charge in [0.15, 0.2) is 0 Å². The fourth-order valence-electron chi connectivity index (χ4n) is 4.29. The van der Waals surface area contributed by atoms with Crippen LogP contribution >= 0.6 is 0 Å². The average molecular weight is 413 g/mol. The van der Waals surface area contributed by atoms with E-state index in [9.17, 15) is 14.4 Å². The van der Waals surface area contributed by atoms with Gasteiger partial charge in [-0.05, 0) is 23.3 Å². The van der Waals surface area contributed by atoms with Crippen molar-refractivity contribution in [1.82, 2.24) is 0 Å². The molecule has 1 atom stereocenters. The summed E-state index contributed by atoms with van der Waals surface area (Å²) in [6, 6.07) is 20.7. The van der Waals surface area contributed by atoms with Crippen molar-refractivity contribution in [2.45, 2.75) is 19.1 Å². The molecule has 0 aliphatic carbocycles. The van der Waals surface area contributed by atoms with Crippen molar-refractivity contribution in [3.05, 3.63) is 83.4 Å². The summed E-state index contributed by atoms with van der Waals surface area (Å²) >= 11 is 0. The lowest BCUT2D eigenvalue weighted by atomic mass is 9.86. The number of Topliss-reactive ketones (excluding diaryl/α,β-unsaturated/α-hetero) is 1. The summed E-state index contributed by atoms with van der Waals surface area (Å²) in [5, 5.41) is 0. The number of amides is 1.